The molecule has 2 nitrogen and oxygen atoms in total. The summed E-state index contributed by atoms with van der Waals surface area (Å²) in [7, 11) is 0. The smallest absolute Gasteiger partial charge is 0.118 e. The summed E-state index contributed by atoms with van der Waals surface area (Å²) in [6.45, 7) is 1.16. The number of unbranched alkanes of at least 4 members (excludes halogenated alkanes) is 1. The zero-order valence-corrected chi connectivity index (χ0v) is 3.85. The molecule has 0 amide bonds. The molecule has 0 spiro atoms. The molecule has 0 saturated heterocycles. The summed E-state index contributed by atoms with van der Waals surface area (Å²) in [4.78, 5) is 0. The van der Waals surface area contributed by atoms with Gasteiger partial charge in [-0.15, -0.1) is 0 Å². The van der Waals surface area contributed by atoms with E-state index in [2.05, 4.69) is 0 Å². The molecule has 0 aliphatic carbocycles. The van der Waals surface area contributed by atoms with Crippen molar-refractivity contribution in [1.29, 1.82) is 0 Å². The van der Waals surface area contributed by atoms with Gasteiger partial charge in [-0.3, -0.25) is 0 Å². The lowest BCUT2D eigenvalue weighted by Crippen LogP contribution is -2.03. The molecule has 0 aromatic heterocycles. The molecule has 0 heterocycles. The van der Waals surface area contributed by atoms with Crippen LogP contribution in [0.5, 0.6) is 0 Å². The van der Waals surface area contributed by atoms with E-state index in [1.165, 1.54) is 0 Å². The third-order valence-corrected chi connectivity index (χ3v) is 0.612. The van der Waals surface area contributed by atoms with Gasteiger partial charge >= 0.3 is 0 Å². The number of rotatable bonds is 4. The Morgan fingerprint density at radius 2 is 2.00 bits per heavy atom. The highest BCUT2D eigenvalue weighted by atomic mass is 14.5. The zero-order valence-electron chi connectivity index (χ0n) is 5.85. The van der Waals surface area contributed by atoms with Crippen molar-refractivity contribution >= 4 is 0 Å². The average molecular weight is 90.2 g/mol. The first-order valence-corrected chi connectivity index (χ1v) is 2.22. The van der Waals surface area contributed by atoms with Gasteiger partial charge in [0.2, 0.25) is 0 Å². The maximum atomic E-state index is 6.62. The molecule has 0 aliphatic heterocycles. The molecule has 0 saturated carbocycles. The molecule has 4 N–H and O–H groups in total. The Hall–Kier alpha value is -0.0800. The Balaban J connectivity index is 2.72. The topological polar surface area (TPSA) is 52.0 Å². The van der Waals surface area contributed by atoms with E-state index >= 15 is 0 Å². The molecular formula is C4H12N2. The van der Waals surface area contributed by atoms with Gasteiger partial charge in [-0.25, -0.2) is 0 Å². The fraction of sp³-hybridized carbons (Fsp3) is 1.00. The predicted octanol–water partition coefficient (Wildman–Crippen LogP) is -0.316. The Labute approximate surface area is 41.4 Å². The predicted molar refractivity (Wildman–Crippen MR) is 27.3 cm³/mol. The van der Waals surface area contributed by atoms with Crippen molar-refractivity contribution in [2.24, 2.45) is 11.5 Å². The fourth-order valence-electron chi connectivity index (χ4n) is 0.256. The van der Waals surface area contributed by atoms with Crippen LogP contribution in [0, 0.1) is 0 Å². The van der Waals surface area contributed by atoms with Gasteiger partial charge in [0.25, 0.3) is 0 Å². The Morgan fingerprint density at radius 1 is 1.33 bits per heavy atom. The van der Waals surface area contributed by atoms with E-state index in [-0.39, 0.29) is 0 Å². The summed E-state index contributed by atoms with van der Waals surface area (Å²) in [5, 5.41) is 0. The number of hydrogen-bond donors (Lipinski definition) is 2. The van der Waals surface area contributed by atoms with E-state index in [0.717, 1.165) is 12.8 Å². The van der Waals surface area contributed by atoms with E-state index in [0.29, 0.717) is 18.8 Å². The van der Waals surface area contributed by atoms with Crippen molar-refractivity contribution in [1.82, 2.24) is 0 Å². The second-order valence-electron chi connectivity index (χ2n) is 1.22. The molecule has 0 fully saturated rings. The van der Waals surface area contributed by atoms with Crippen LogP contribution in [-0.2, 0) is 0 Å². The average Bonchev–Trinajstić information content (AvgIpc) is 1.66. The standard InChI is InChI=1S/C4H12N2/c5-3-1-2-4-6/h1-6H2/i/hD2. The van der Waals surface area contributed by atoms with Gasteiger partial charge in [0.1, 0.15) is 2.82 Å². The van der Waals surface area contributed by atoms with Crippen LogP contribution in [0.15, 0.2) is 0 Å². The molecule has 0 rings (SSSR count). The lowest BCUT2D eigenvalue weighted by Gasteiger charge is -1.87. The molecule has 38 valence electrons. The van der Waals surface area contributed by atoms with E-state index in [4.69, 9.17) is 8.56 Å². The van der Waals surface area contributed by atoms with Crippen molar-refractivity contribution < 1.29 is 2.82 Å². The van der Waals surface area contributed by atoms with Gasteiger partial charge in [-0.05, 0) is 25.9 Å². The van der Waals surface area contributed by atoms with Crippen molar-refractivity contribution in [3.8, 4) is 0 Å². The van der Waals surface area contributed by atoms with Crippen LogP contribution in [0.25, 0.3) is 0 Å². The quantitative estimate of drug-likeness (QED) is 0.465. The summed E-state index contributed by atoms with van der Waals surface area (Å²) in [5.74, 6) is 0. The first-order chi connectivity index (χ1) is 3.77. The van der Waals surface area contributed by atoms with Crippen LogP contribution in [0.4, 0.5) is 0 Å². The molecule has 0 bridgehead atoms. The van der Waals surface area contributed by atoms with Crippen LogP contribution < -0.4 is 11.5 Å². The summed E-state index contributed by atoms with van der Waals surface area (Å²) < 4.78 is 13.2. The lowest BCUT2D eigenvalue weighted by molar-refractivity contribution is 0.755. The van der Waals surface area contributed by atoms with Crippen LogP contribution in [0.2, 0.25) is 2.82 Å². The largest absolute Gasteiger partial charge is 0.330 e. The van der Waals surface area contributed by atoms with Gasteiger partial charge < -0.3 is 11.5 Å². The van der Waals surface area contributed by atoms with E-state index < -0.39 is 0 Å². The van der Waals surface area contributed by atoms with Crippen LogP contribution in [0.1, 0.15) is 12.8 Å². The molecule has 0 aromatic carbocycles. The van der Waals surface area contributed by atoms with Gasteiger partial charge in [-0.1, -0.05) is 0 Å². The third-order valence-electron chi connectivity index (χ3n) is 0.612. The van der Waals surface area contributed by atoms with Gasteiger partial charge in [-0.2, -0.15) is 0 Å². The highest BCUT2D eigenvalue weighted by Gasteiger charge is 1.75. The molecule has 0 aromatic rings. The van der Waals surface area contributed by atoms with E-state index in [1.54, 1.807) is 0 Å². The highest BCUT2D eigenvalue weighted by molar-refractivity contribution is 4.38. The molecule has 6 heavy (non-hydrogen) atoms. The SMILES string of the molecule is [2H]N([2H])CCCCN. The van der Waals surface area contributed by atoms with Crippen molar-refractivity contribution in [3.63, 3.8) is 0 Å². The second-order valence-corrected chi connectivity index (χ2v) is 1.22. The van der Waals surface area contributed by atoms with E-state index in [9.17, 15) is 0 Å². The van der Waals surface area contributed by atoms with Gasteiger partial charge in [0, 0.05) is 0 Å². The highest BCUT2D eigenvalue weighted by Crippen LogP contribution is 1.77. The second kappa shape index (κ2) is 4.92. The molecule has 0 aliphatic rings. The molecule has 0 unspecified atom stereocenters. The summed E-state index contributed by atoms with van der Waals surface area (Å²) in [6.07, 6.45) is 1.76. The minimum absolute atomic E-state index is 0.497. The summed E-state index contributed by atoms with van der Waals surface area (Å²) >= 11 is 0. The normalized spacial score (nSPS) is 14.3. The van der Waals surface area contributed by atoms with Crippen LogP contribution in [-0.4, -0.2) is 13.1 Å². The Morgan fingerprint density at radius 3 is 2.50 bits per heavy atom. The lowest BCUT2D eigenvalue weighted by atomic mass is 10.3. The summed E-state index contributed by atoms with van der Waals surface area (Å²) in [5.41, 5.74) is 5.85. The molecule has 2 heteroatoms. The third kappa shape index (κ3) is 3.92. The maximum Gasteiger partial charge on any atom is 0.118 e. The first kappa shape index (κ1) is 2.99. The minimum Gasteiger partial charge on any atom is -0.330 e. The molecule has 0 atom stereocenters. The Kier molecular flexibility index (Phi) is 2.45. The van der Waals surface area contributed by atoms with Gasteiger partial charge in [0.05, 0.1) is 0 Å². The maximum absolute atomic E-state index is 6.62. The van der Waals surface area contributed by atoms with E-state index in [1.807, 2.05) is 0 Å². The minimum atomic E-state index is 0.497. The monoisotopic (exact) mass is 90.1 g/mol. The van der Waals surface area contributed by atoms with Crippen LogP contribution >= 0.6 is 0 Å². The summed E-state index contributed by atoms with van der Waals surface area (Å²) in [6, 6.07) is 0. The molecular weight excluding hydrogens is 76.1 g/mol. The van der Waals surface area contributed by atoms with Crippen molar-refractivity contribution in [2.75, 3.05) is 13.1 Å². The van der Waals surface area contributed by atoms with Gasteiger partial charge in [0.15, 0.2) is 0 Å². The fourth-order valence-corrected chi connectivity index (χ4v) is 0.256. The number of hydrogen-bond acceptors (Lipinski definition) is 2. The van der Waals surface area contributed by atoms with Crippen molar-refractivity contribution in [2.45, 2.75) is 12.8 Å². The number of nitrogens with two attached hydrogens (primary N) is 2. The van der Waals surface area contributed by atoms with Crippen molar-refractivity contribution in [3.05, 3.63) is 0 Å². The Bertz CT molecular complexity index is 49.3. The zero-order chi connectivity index (χ0) is 6.41. The molecule has 0 radical (unpaired) electrons. The van der Waals surface area contributed by atoms with Crippen LogP contribution in [0.3, 0.4) is 0 Å². The first-order valence-electron chi connectivity index (χ1n) is 3.12.